The Morgan fingerprint density at radius 2 is 0.500 bits per heavy atom. The van der Waals surface area contributed by atoms with E-state index in [1.807, 2.05) is 0 Å². The lowest BCUT2D eigenvalue weighted by atomic mass is 11.0. The van der Waals surface area contributed by atoms with E-state index in [9.17, 15) is 0 Å². The fraction of sp³-hybridized carbons (Fsp3) is 1.00. The molecule has 0 bridgehead atoms. The van der Waals surface area contributed by atoms with Gasteiger partial charge in [-0.3, -0.25) is 0 Å². The molecule has 1 aliphatic carbocycles. The first-order valence-electron chi connectivity index (χ1n) is 3.00. The number of rotatable bonds is 0. The fourth-order valence-corrected chi connectivity index (χ4v) is 1.06. The van der Waals surface area contributed by atoms with Crippen LogP contribution < -0.4 is 0 Å². The molecule has 0 N–H and O–H groups in total. The second-order valence-electron chi connectivity index (χ2n) is 2.12. The molecule has 0 aliphatic heterocycles. The van der Waals surface area contributed by atoms with Crippen LogP contribution in [0.5, 0.6) is 0 Å². The molecule has 0 radical (unpaired) electrons. The highest BCUT2D eigenvalue weighted by Gasteiger charge is 1.95. The van der Waals surface area contributed by atoms with Gasteiger partial charge < -0.3 is 0 Å². The van der Waals surface area contributed by atoms with Crippen molar-refractivity contribution in [1.82, 2.24) is 0 Å². The van der Waals surface area contributed by atoms with Crippen molar-refractivity contribution in [2.75, 3.05) is 0 Å². The van der Waals surface area contributed by atoms with Crippen LogP contribution in [0.15, 0.2) is 0 Å². The van der Waals surface area contributed by atoms with Gasteiger partial charge in [-0.25, -0.2) is 0 Å². The van der Waals surface area contributed by atoms with Gasteiger partial charge in [0, 0.05) is 0 Å². The largest absolute Gasteiger partial charge is 0.0533 e. The van der Waals surface area contributed by atoms with Gasteiger partial charge in [0.1, 0.15) is 0 Å². The summed E-state index contributed by atoms with van der Waals surface area (Å²) in [6.07, 6.45) is 9.00. The third-order valence-electron chi connectivity index (χ3n) is 1.50. The molecule has 1 rings (SSSR count). The summed E-state index contributed by atoms with van der Waals surface area (Å²) in [5.41, 5.74) is 0. The highest BCUT2D eigenvalue weighted by molar-refractivity contribution is 4.51. The molecule has 0 aromatic heterocycles. The van der Waals surface area contributed by atoms with Crippen LogP contribution in [0.2, 0.25) is 0 Å². The standard InChI is InChI=1S/C6H12/c1-2-4-6-5-3-1/h1-6H2/i1+1,2+1,3+1,4+1,5+1,6+1. The fourth-order valence-electron chi connectivity index (χ4n) is 1.06. The molecule has 1 fully saturated rings. The van der Waals surface area contributed by atoms with Crippen LogP contribution in [0.3, 0.4) is 0 Å². The maximum absolute atomic E-state index is 1.50. The van der Waals surface area contributed by atoms with Gasteiger partial charge in [0.2, 0.25) is 0 Å². The summed E-state index contributed by atoms with van der Waals surface area (Å²) in [4.78, 5) is 0. The lowest BCUT2D eigenvalue weighted by molar-refractivity contribution is 0.504. The van der Waals surface area contributed by atoms with E-state index in [0.29, 0.717) is 0 Å². The molecule has 0 spiro atoms. The zero-order valence-corrected chi connectivity index (χ0v) is 4.24. The van der Waals surface area contributed by atoms with Gasteiger partial charge in [-0.15, -0.1) is 0 Å². The third-order valence-corrected chi connectivity index (χ3v) is 1.50. The van der Waals surface area contributed by atoms with Crippen LogP contribution in [0.1, 0.15) is 38.5 Å². The van der Waals surface area contributed by atoms with Crippen molar-refractivity contribution in [3.63, 3.8) is 0 Å². The van der Waals surface area contributed by atoms with Crippen LogP contribution in [0.25, 0.3) is 0 Å². The first-order chi connectivity index (χ1) is 3.00. The third kappa shape index (κ3) is 1.00. The number of hydrogen-bond donors (Lipinski definition) is 0. The molecular formula is C6H12. The smallest absolute Gasteiger partial charge is 0.0533 e. The maximum Gasteiger partial charge on any atom is -0.0533 e. The van der Waals surface area contributed by atoms with Gasteiger partial charge in [0.25, 0.3) is 0 Å². The van der Waals surface area contributed by atoms with Crippen LogP contribution in [0.4, 0.5) is 0 Å². The molecule has 6 heavy (non-hydrogen) atoms. The Morgan fingerprint density at radius 1 is 0.333 bits per heavy atom. The molecule has 36 valence electrons. The lowest BCUT2D eigenvalue weighted by Crippen LogP contribution is -1.85. The van der Waals surface area contributed by atoms with Crippen molar-refractivity contribution < 1.29 is 0 Å². The lowest BCUT2D eigenvalue weighted by Gasteiger charge is -2.05. The molecule has 1 aliphatic rings. The van der Waals surface area contributed by atoms with E-state index in [4.69, 9.17) is 0 Å². The zero-order valence-electron chi connectivity index (χ0n) is 4.24. The van der Waals surface area contributed by atoms with E-state index in [1.54, 1.807) is 0 Å². The van der Waals surface area contributed by atoms with Crippen molar-refractivity contribution in [3.8, 4) is 0 Å². The van der Waals surface area contributed by atoms with Crippen LogP contribution in [-0.2, 0) is 0 Å². The predicted octanol–water partition coefficient (Wildman–Crippen LogP) is 2.34. The summed E-state index contributed by atoms with van der Waals surface area (Å²) >= 11 is 0. The summed E-state index contributed by atoms with van der Waals surface area (Å²) in [5.74, 6) is 0. The van der Waals surface area contributed by atoms with Gasteiger partial charge in [-0.2, -0.15) is 0 Å². The maximum atomic E-state index is 1.50. The van der Waals surface area contributed by atoms with Crippen molar-refractivity contribution in [2.45, 2.75) is 38.5 Å². The molecule has 1 saturated carbocycles. The molecule has 0 amide bonds. The second kappa shape index (κ2) is 2.22. The van der Waals surface area contributed by atoms with Crippen LogP contribution >= 0.6 is 0 Å². The number of hydrogen-bond acceptors (Lipinski definition) is 0. The highest BCUT2D eigenvalue weighted by atomic mass is 15.0. The molecule has 0 aromatic carbocycles. The Kier molecular flexibility index (Phi) is 1.54. The molecule has 0 aromatic rings. The Bertz CT molecular complexity index is 15.5. The van der Waals surface area contributed by atoms with E-state index in [1.165, 1.54) is 38.5 Å². The SMILES string of the molecule is [13CH2]1[13CH2][13CH2][13CH2][13CH2][13CH2]1. The summed E-state index contributed by atoms with van der Waals surface area (Å²) < 4.78 is 0. The Hall–Kier alpha value is 0. The Morgan fingerprint density at radius 3 is 0.667 bits per heavy atom. The molecule has 0 unspecified atom stereocenters. The van der Waals surface area contributed by atoms with Crippen LogP contribution in [0, 0.1) is 0 Å². The minimum absolute atomic E-state index is 1.50. The normalized spacial score (nSPS) is 24.0. The van der Waals surface area contributed by atoms with Crippen LogP contribution in [-0.4, -0.2) is 0 Å². The van der Waals surface area contributed by atoms with Gasteiger partial charge in [0.05, 0.1) is 0 Å². The first kappa shape index (κ1) is 4.17. The summed E-state index contributed by atoms with van der Waals surface area (Å²) in [6.45, 7) is 0. The second-order valence-corrected chi connectivity index (χ2v) is 2.12. The molecule has 0 heterocycles. The topological polar surface area (TPSA) is 0 Å². The van der Waals surface area contributed by atoms with Gasteiger partial charge in [0.15, 0.2) is 0 Å². The van der Waals surface area contributed by atoms with Gasteiger partial charge in [-0.05, 0) is 0 Å². The molecular weight excluding hydrogens is 78.0 g/mol. The van der Waals surface area contributed by atoms with Crippen molar-refractivity contribution in [1.29, 1.82) is 0 Å². The van der Waals surface area contributed by atoms with E-state index in [0.717, 1.165) is 0 Å². The van der Waals surface area contributed by atoms with Crippen molar-refractivity contribution >= 4 is 0 Å². The molecule has 0 atom stereocenters. The summed E-state index contributed by atoms with van der Waals surface area (Å²) in [7, 11) is 0. The van der Waals surface area contributed by atoms with Gasteiger partial charge in [-0.1, -0.05) is 38.5 Å². The van der Waals surface area contributed by atoms with E-state index < -0.39 is 0 Å². The predicted molar refractivity (Wildman–Crippen MR) is 27.7 cm³/mol. The summed E-state index contributed by atoms with van der Waals surface area (Å²) in [6, 6.07) is 0. The minimum atomic E-state index is 1.50. The minimum Gasteiger partial charge on any atom is -0.0533 e. The Balaban J connectivity index is 2.00. The molecule has 0 nitrogen and oxygen atoms in total. The molecule has 0 saturated heterocycles. The zero-order chi connectivity index (χ0) is 4.24. The van der Waals surface area contributed by atoms with Crippen molar-refractivity contribution in [3.05, 3.63) is 0 Å². The Labute approximate surface area is 39.6 Å². The molecule has 0 heteroatoms. The van der Waals surface area contributed by atoms with Crippen molar-refractivity contribution in [2.24, 2.45) is 0 Å². The first-order valence-corrected chi connectivity index (χ1v) is 3.00. The van der Waals surface area contributed by atoms with Gasteiger partial charge >= 0.3 is 0 Å². The quantitative estimate of drug-likeness (QED) is 0.400. The van der Waals surface area contributed by atoms with E-state index in [-0.39, 0.29) is 0 Å². The average Bonchev–Trinajstić information content (AvgIpc) is 1.72. The average molecular weight is 90.1 g/mol. The monoisotopic (exact) mass is 90.1 g/mol. The van der Waals surface area contributed by atoms with E-state index in [2.05, 4.69) is 0 Å². The van der Waals surface area contributed by atoms with E-state index >= 15 is 0 Å². The highest BCUT2D eigenvalue weighted by Crippen LogP contribution is 2.15. The summed E-state index contributed by atoms with van der Waals surface area (Å²) in [5, 5.41) is 0.